The molecule has 0 unspecified atom stereocenters. The van der Waals surface area contributed by atoms with E-state index in [4.69, 9.17) is 0 Å². The molecule has 0 bridgehead atoms. The van der Waals surface area contributed by atoms with Crippen molar-refractivity contribution >= 4 is 15.9 Å². The first-order chi connectivity index (χ1) is 4.93. The number of hydrogen-bond donors (Lipinski definition) is 0. The van der Waals surface area contributed by atoms with Gasteiger partial charge in [0, 0.05) is 17.2 Å². The Kier molecular flexibility index (Phi) is 1.31. The van der Waals surface area contributed by atoms with E-state index in [1.807, 2.05) is 0 Å². The Bertz CT molecular complexity index is 194. The van der Waals surface area contributed by atoms with E-state index in [1.54, 1.807) is 0 Å². The van der Waals surface area contributed by atoms with Gasteiger partial charge in [0.2, 0.25) is 0 Å². The molecule has 2 saturated carbocycles. The Hall–Kier alpha value is 0.340. The van der Waals surface area contributed by atoms with Crippen LogP contribution in [0.3, 0.4) is 0 Å². The minimum absolute atomic E-state index is 0.141. The highest BCUT2D eigenvalue weighted by atomic mass is 79.9. The zero-order valence-electron chi connectivity index (χ0n) is 6.46. The van der Waals surface area contributed by atoms with Gasteiger partial charge in [-0.2, -0.15) is 0 Å². The summed E-state index contributed by atoms with van der Waals surface area (Å²) in [5.74, 6) is -2.32. The predicted molar refractivity (Wildman–Crippen MR) is 43.1 cm³/mol. The molecule has 2 aliphatic rings. The minimum Gasteiger partial charge on any atom is -0.206 e. The molecule has 0 aromatic heterocycles. The summed E-state index contributed by atoms with van der Waals surface area (Å²) in [6.45, 7) is 2.07. The van der Waals surface area contributed by atoms with Crippen LogP contribution in [0.15, 0.2) is 0 Å². The highest BCUT2D eigenvalue weighted by Gasteiger charge is 2.77. The minimum atomic E-state index is -2.32. The SMILES string of the molecule is CC1(CBr)CC2(C1)CC2(F)F. The largest absolute Gasteiger partial charge is 0.254 e. The van der Waals surface area contributed by atoms with Crippen LogP contribution in [0.5, 0.6) is 0 Å². The molecule has 0 aromatic carbocycles. The lowest BCUT2D eigenvalue weighted by atomic mass is 9.61. The summed E-state index contributed by atoms with van der Waals surface area (Å²) in [4.78, 5) is 0. The molecule has 0 radical (unpaired) electrons. The molecule has 64 valence electrons. The molecule has 0 aliphatic heterocycles. The van der Waals surface area contributed by atoms with Crippen LogP contribution < -0.4 is 0 Å². The summed E-state index contributed by atoms with van der Waals surface area (Å²) >= 11 is 3.35. The Morgan fingerprint density at radius 1 is 1.27 bits per heavy atom. The second kappa shape index (κ2) is 1.81. The molecule has 1 spiro atoms. The van der Waals surface area contributed by atoms with Crippen molar-refractivity contribution in [2.24, 2.45) is 10.8 Å². The van der Waals surface area contributed by atoms with E-state index in [2.05, 4.69) is 22.9 Å². The molecule has 0 amide bonds. The summed E-state index contributed by atoms with van der Waals surface area (Å²) in [5, 5.41) is 0.859. The third-order valence-corrected chi connectivity index (χ3v) is 4.42. The molecule has 2 aliphatic carbocycles. The number of hydrogen-bond acceptors (Lipinski definition) is 0. The Morgan fingerprint density at radius 3 is 2.00 bits per heavy atom. The molecule has 0 heterocycles. The highest BCUT2D eigenvalue weighted by Crippen LogP contribution is 2.76. The second-order valence-electron chi connectivity index (χ2n) is 4.46. The summed E-state index contributed by atoms with van der Waals surface area (Å²) < 4.78 is 25.4. The van der Waals surface area contributed by atoms with Crippen molar-refractivity contribution in [1.29, 1.82) is 0 Å². The van der Waals surface area contributed by atoms with Crippen molar-refractivity contribution in [3.63, 3.8) is 0 Å². The van der Waals surface area contributed by atoms with E-state index < -0.39 is 11.3 Å². The van der Waals surface area contributed by atoms with Gasteiger partial charge in [-0.1, -0.05) is 22.9 Å². The summed E-state index contributed by atoms with van der Waals surface area (Å²) in [7, 11) is 0. The van der Waals surface area contributed by atoms with E-state index in [-0.39, 0.29) is 11.8 Å². The van der Waals surface area contributed by atoms with Crippen molar-refractivity contribution in [3.8, 4) is 0 Å². The zero-order valence-corrected chi connectivity index (χ0v) is 8.05. The maximum atomic E-state index is 12.7. The van der Waals surface area contributed by atoms with Crippen LogP contribution in [0.4, 0.5) is 8.78 Å². The van der Waals surface area contributed by atoms with E-state index in [9.17, 15) is 8.78 Å². The molecule has 0 aromatic rings. The van der Waals surface area contributed by atoms with Crippen molar-refractivity contribution < 1.29 is 8.78 Å². The normalized spacial score (nSPS) is 52.4. The van der Waals surface area contributed by atoms with Gasteiger partial charge in [0.25, 0.3) is 5.92 Å². The lowest BCUT2D eigenvalue weighted by molar-refractivity contribution is -0.0310. The van der Waals surface area contributed by atoms with E-state index in [0.29, 0.717) is 12.8 Å². The maximum absolute atomic E-state index is 12.7. The van der Waals surface area contributed by atoms with E-state index in [1.165, 1.54) is 0 Å². The zero-order chi connectivity index (χ0) is 8.33. The lowest BCUT2D eigenvalue weighted by Crippen LogP contribution is -2.40. The van der Waals surface area contributed by atoms with Gasteiger partial charge in [-0.3, -0.25) is 0 Å². The fourth-order valence-electron chi connectivity index (χ4n) is 2.44. The van der Waals surface area contributed by atoms with E-state index in [0.717, 1.165) is 5.33 Å². The van der Waals surface area contributed by atoms with Crippen LogP contribution in [0.2, 0.25) is 0 Å². The number of halogens is 3. The Morgan fingerprint density at radius 2 is 1.73 bits per heavy atom. The van der Waals surface area contributed by atoms with Crippen molar-refractivity contribution in [1.82, 2.24) is 0 Å². The molecule has 3 heteroatoms. The molecular formula is C8H11BrF2. The molecule has 2 rings (SSSR count). The first-order valence-corrected chi connectivity index (χ1v) is 4.99. The van der Waals surface area contributed by atoms with Crippen LogP contribution in [-0.2, 0) is 0 Å². The highest BCUT2D eigenvalue weighted by molar-refractivity contribution is 9.09. The summed E-state index contributed by atoms with van der Waals surface area (Å²) in [6, 6.07) is 0. The first-order valence-electron chi connectivity index (χ1n) is 3.87. The van der Waals surface area contributed by atoms with Crippen LogP contribution in [0.1, 0.15) is 26.2 Å². The van der Waals surface area contributed by atoms with Gasteiger partial charge >= 0.3 is 0 Å². The topological polar surface area (TPSA) is 0 Å². The molecule has 0 atom stereocenters. The van der Waals surface area contributed by atoms with Gasteiger partial charge in [0.1, 0.15) is 0 Å². The van der Waals surface area contributed by atoms with Gasteiger partial charge in [-0.05, 0) is 18.3 Å². The van der Waals surface area contributed by atoms with Gasteiger partial charge in [-0.15, -0.1) is 0 Å². The first kappa shape index (κ1) is 7.96. The Balaban J connectivity index is 2.00. The molecule has 0 nitrogen and oxygen atoms in total. The summed E-state index contributed by atoms with van der Waals surface area (Å²) in [5.41, 5.74) is -0.407. The van der Waals surface area contributed by atoms with Crippen molar-refractivity contribution in [2.75, 3.05) is 5.33 Å². The maximum Gasteiger partial charge on any atom is 0.254 e. The van der Waals surface area contributed by atoms with Crippen LogP contribution in [0.25, 0.3) is 0 Å². The predicted octanol–water partition coefficient (Wildman–Crippen LogP) is 3.21. The fraction of sp³-hybridized carbons (Fsp3) is 1.00. The monoisotopic (exact) mass is 224 g/mol. The average Bonchev–Trinajstić information content (AvgIpc) is 2.33. The van der Waals surface area contributed by atoms with Crippen LogP contribution in [0, 0.1) is 10.8 Å². The third kappa shape index (κ3) is 0.895. The van der Waals surface area contributed by atoms with E-state index >= 15 is 0 Å². The summed E-state index contributed by atoms with van der Waals surface area (Å²) in [6.07, 6.45) is 1.55. The second-order valence-corrected chi connectivity index (χ2v) is 5.02. The molecular weight excluding hydrogens is 214 g/mol. The molecule has 0 saturated heterocycles. The number of alkyl halides is 3. The molecule has 2 fully saturated rings. The van der Waals surface area contributed by atoms with Gasteiger partial charge < -0.3 is 0 Å². The van der Waals surface area contributed by atoms with Crippen molar-refractivity contribution in [2.45, 2.75) is 32.1 Å². The fourth-order valence-corrected chi connectivity index (χ4v) is 2.84. The average molecular weight is 225 g/mol. The van der Waals surface area contributed by atoms with Gasteiger partial charge in [0.15, 0.2) is 0 Å². The van der Waals surface area contributed by atoms with Crippen molar-refractivity contribution in [3.05, 3.63) is 0 Å². The van der Waals surface area contributed by atoms with Crippen LogP contribution >= 0.6 is 15.9 Å². The van der Waals surface area contributed by atoms with Gasteiger partial charge in [-0.25, -0.2) is 8.78 Å². The Labute approximate surface area is 73.5 Å². The number of rotatable bonds is 1. The third-order valence-electron chi connectivity index (χ3n) is 3.06. The van der Waals surface area contributed by atoms with Gasteiger partial charge in [0.05, 0.1) is 0 Å². The molecule has 0 N–H and O–H groups in total. The van der Waals surface area contributed by atoms with Crippen LogP contribution in [-0.4, -0.2) is 11.3 Å². The standard InChI is InChI=1S/C8H11BrF2/c1-6(5-9)2-7(3-6)4-8(7,10)11/h2-5H2,1H3. The lowest BCUT2D eigenvalue weighted by Gasteiger charge is -2.45. The molecule has 11 heavy (non-hydrogen) atoms. The smallest absolute Gasteiger partial charge is 0.206 e. The quantitative estimate of drug-likeness (QED) is 0.601.